The molecule has 0 unspecified atom stereocenters. The third kappa shape index (κ3) is 3.84. The Bertz CT molecular complexity index is 599. The molecule has 0 radical (unpaired) electrons. The predicted molar refractivity (Wildman–Crippen MR) is 78.8 cm³/mol. The van der Waals surface area contributed by atoms with Crippen molar-refractivity contribution in [1.82, 2.24) is 0 Å². The topological polar surface area (TPSA) is 26.3 Å². The smallest absolute Gasteiger partial charge is 0.147 e. The first-order valence-electron chi connectivity index (χ1n) is 6.21. The summed E-state index contributed by atoms with van der Waals surface area (Å²) in [6.45, 7) is 0. The average Bonchev–Trinajstić information content (AvgIpc) is 2.48. The lowest BCUT2D eigenvalue weighted by molar-refractivity contribution is -0.116. The Balaban J connectivity index is 1.94. The van der Waals surface area contributed by atoms with Crippen molar-refractivity contribution in [3.05, 3.63) is 59.9 Å². The number of Topliss-reactive ketones (excluding diaryl/α,β-unsaturated/α-hetero) is 1. The van der Waals surface area contributed by atoms with E-state index >= 15 is 0 Å². The van der Waals surface area contributed by atoms with E-state index in [0.717, 1.165) is 10.6 Å². The van der Waals surface area contributed by atoms with Crippen LogP contribution in [-0.2, 0) is 11.2 Å². The van der Waals surface area contributed by atoms with Gasteiger partial charge in [0.25, 0.3) is 0 Å². The number of hydrogen-bond donors (Lipinski definition) is 0. The Labute approximate surface area is 122 Å². The minimum Gasteiger partial charge on any atom is -0.496 e. The number of para-hydroxylation sites is 1. The first kappa shape index (κ1) is 14.6. The van der Waals surface area contributed by atoms with Crippen LogP contribution in [0.15, 0.2) is 53.4 Å². The van der Waals surface area contributed by atoms with Crippen molar-refractivity contribution in [2.24, 2.45) is 0 Å². The number of ketones is 1. The van der Waals surface area contributed by atoms with Crippen molar-refractivity contribution < 1.29 is 13.9 Å². The molecule has 0 saturated heterocycles. The van der Waals surface area contributed by atoms with Crippen LogP contribution in [0.4, 0.5) is 4.39 Å². The molecule has 0 heterocycles. The Morgan fingerprint density at radius 3 is 2.60 bits per heavy atom. The molecule has 20 heavy (non-hydrogen) atoms. The fourth-order valence-corrected chi connectivity index (χ4v) is 2.69. The van der Waals surface area contributed by atoms with Gasteiger partial charge in [-0.1, -0.05) is 30.3 Å². The van der Waals surface area contributed by atoms with E-state index < -0.39 is 0 Å². The molecule has 0 aliphatic carbocycles. The van der Waals surface area contributed by atoms with Crippen molar-refractivity contribution in [3.63, 3.8) is 0 Å². The largest absolute Gasteiger partial charge is 0.496 e. The predicted octanol–water partition coefficient (Wildman–Crippen LogP) is 3.74. The van der Waals surface area contributed by atoms with Crippen LogP contribution < -0.4 is 4.74 Å². The van der Waals surface area contributed by atoms with Gasteiger partial charge in [0.2, 0.25) is 0 Å². The molecule has 0 amide bonds. The summed E-state index contributed by atoms with van der Waals surface area (Å²) in [6, 6.07) is 13.9. The quantitative estimate of drug-likeness (QED) is 0.758. The summed E-state index contributed by atoms with van der Waals surface area (Å²) >= 11 is 1.41. The van der Waals surface area contributed by atoms with Crippen LogP contribution in [0.3, 0.4) is 0 Å². The van der Waals surface area contributed by atoms with Crippen LogP contribution in [0.5, 0.6) is 5.75 Å². The van der Waals surface area contributed by atoms with E-state index in [0.29, 0.717) is 11.3 Å². The van der Waals surface area contributed by atoms with Crippen LogP contribution >= 0.6 is 11.8 Å². The minimum absolute atomic E-state index is 0.00833. The lowest BCUT2D eigenvalue weighted by atomic mass is 10.1. The molecule has 2 nitrogen and oxygen atoms in total. The van der Waals surface area contributed by atoms with E-state index in [1.165, 1.54) is 17.8 Å². The normalized spacial score (nSPS) is 10.3. The third-order valence-electron chi connectivity index (χ3n) is 2.80. The first-order chi connectivity index (χ1) is 9.70. The van der Waals surface area contributed by atoms with E-state index in [1.54, 1.807) is 25.3 Å². The number of ether oxygens (including phenoxy) is 1. The van der Waals surface area contributed by atoms with Gasteiger partial charge >= 0.3 is 0 Å². The molecule has 0 spiro atoms. The summed E-state index contributed by atoms with van der Waals surface area (Å²) in [6.07, 6.45) is 0.120. The molecule has 0 aromatic heterocycles. The van der Waals surface area contributed by atoms with E-state index in [2.05, 4.69) is 0 Å². The molecule has 0 fully saturated rings. The molecule has 0 N–H and O–H groups in total. The second-order valence-electron chi connectivity index (χ2n) is 4.25. The van der Waals surface area contributed by atoms with Crippen LogP contribution in [0.25, 0.3) is 0 Å². The maximum atomic E-state index is 13.5. The number of hydrogen-bond acceptors (Lipinski definition) is 3. The van der Waals surface area contributed by atoms with Gasteiger partial charge in [0.15, 0.2) is 0 Å². The Morgan fingerprint density at radius 2 is 1.85 bits per heavy atom. The number of methoxy groups -OCH3 is 1. The van der Waals surface area contributed by atoms with Gasteiger partial charge in [0.1, 0.15) is 17.3 Å². The number of carbonyl (C=O) groups excluding carboxylic acids is 1. The van der Waals surface area contributed by atoms with Gasteiger partial charge in [0, 0.05) is 11.3 Å². The Kier molecular flexibility index (Phi) is 5.18. The third-order valence-corrected chi connectivity index (χ3v) is 3.92. The second-order valence-corrected chi connectivity index (χ2v) is 5.26. The molecule has 2 aromatic carbocycles. The minimum atomic E-state index is -0.330. The van der Waals surface area contributed by atoms with Crippen LogP contribution in [-0.4, -0.2) is 18.6 Å². The molecule has 0 aliphatic rings. The summed E-state index contributed by atoms with van der Waals surface area (Å²) in [5.41, 5.74) is 0.443. The van der Waals surface area contributed by atoms with Crippen molar-refractivity contribution in [3.8, 4) is 5.75 Å². The first-order valence-corrected chi connectivity index (χ1v) is 7.20. The molecule has 4 heteroatoms. The summed E-state index contributed by atoms with van der Waals surface area (Å²) < 4.78 is 18.7. The number of rotatable bonds is 6. The zero-order valence-electron chi connectivity index (χ0n) is 11.1. The highest BCUT2D eigenvalue weighted by atomic mass is 32.2. The molecule has 0 bridgehead atoms. The summed E-state index contributed by atoms with van der Waals surface area (Å²) in [5, 5.41) is 0. The van der Waals surface area contributed by atoms with Crippen molar-refractivity contribution in [2.75, 3.05) is 12.9 Å². The number of carbonyl (C=O) groups is 1. The standard InChI is InChI=1S/C16H15FO2S/c1-19-15-8-4-5-9-16(15)20-11-13(18)10-12-6-2-3-7-14(12)17/h2-9H,10-11H2,1H3. The molecule has 2 rings (SSSR count). The van der Waals surface area contributed by atoms with Gasteiger partial charge < -0.3 is 4.74 Å². The molecule has 0 atom stereocenters. The van der Waals surface area contributed by atoms with Crippen LogP contribution in [0.2, 0.25) is 0 Å². The van der Waals surface area contributed by atoms with Crippen LogP contribution in [0.1, 0.15) is 5.56 Å². The number of halogens is 1. The van der Waals surface area contributed by atoms with Gasteiger partial charge in [-0.25, -0.2) is 4.39 Å². The number of benzene rings is 2. The molecule has 2 aromatic rings. The van der Waals surface area contributed by atoms with E-state index in [9.17, 15) is 9.18 Å². The summed E-state index contributed by atoms with van der Waals surface area (Å²) in [5.74, 6) is 0.708. The molecular weight excluding hydrogens is 275 g/mol. The van der Waals surface area contributed by atoms with E-state index in [4.69, 9.17) is 4.74 Å². The van der Waals surface area contributed by atoms with Gasteiger partial charge in [0.05, 0.1) is 12.9 Å². The monoisotopic (exact) mass is 290 g/mol. The van der Waals surface area contributed by atoms with Crippen molar-refractivity contribution in [1.29, 1.82) is 0 Å². The molecular formula is C16H15FO2S. The zero-order chi connectivity index (χ0) is 14.4. The summed E-state index contributed by atoms with van der Waals surface area (Å²) in [4.78, 5) is 12.8. The maximum Gasteiger partial charge on any atom is 0.147 e. The molecule has 0 aliphatic heterocycles. The van der Waals surface area contributed by atoms with Crippen LogP contribution in [0, 0.1) is 5.82 Å². The van der Waals surface area contributed by atoms with Crippen molar-refractivity contribution in [2.45, 2.75) is 11.3 Å². The fourth-order valence-electron chi connectivity index (χ4n) is 1.80. The number of thioether (sulfide) groups is 1. The Hall–Kier alpha value is -1.81. The van der Waals surface area contributed by atoms with Gasteiger partial charge in [-0.05, 0) is 23.8 Å². The lowest BCUT2D eigenvalue weighted by Crippen LogP contribution is -2.07. The SMILES string of the molecule is COc1ccccc1SCC(=O)Cc1ccccc1F. The van der Waals surface area contributed by atoms with E-state index in [1.807, 2.05) is 24.3 Å². The highest BCUT2D eigenvalue weighted by molar-refractivity contribution is 8.00. The van der Waals surface area contributed by atoms with Gasteiger partial charge in [-0.15, -0.1) is 11.8 Å². The zero-order valence-corrected chi connectivity index (χ0v) is 12.0. The fraction of sp³-hybridized carbons (Fsp3) is 0.188. The molecule has 0 saturated carbocycles. The lowest BCUT2D eigenvalue weighted by Gasteiger charge is -2.07. The molecule has 104 valence electrons. The highest BCUT2D eigenvalue weighted by Gasteiger charge is 2.10. The van der Waals surface area contributed by atoms with E-state index in [-0.39, 0.29) is 18.0 Å². The maximum absolute atomic E-state index is 13.5. The second kappa shape index (κ2) is 7.10. The van der Waals surface area contributed by atoms with Crippen molar-refractivity contribution >= 4 is 17.5 Å². The van der Waals surface area contributed by atoms with Gasteiger partial charge in [-0.2, -0.15) is 0 Å². The van der Waals surface area contributed by atoms with Gasteiger partial charge in [-0.3, -0.25) is 4.79 Å². The average molecular weight is 290 g/mol. The highest BCUT2D eigenvalue weighted by Crippen LogP contribution is 2.28. The Morgan fingerprint density at radius 1 is 1.15 bits per heavy atom. The summed E-state index contributed by atoms with van der Waals surface area (Å²) in [7, 11) is 1.60.